The molecule has 0 aliphatic heterocycles. The van der Waals surface area contributed by atoms with E-state index in [-0.39, 0.29) is 5.75 Å². The molecule has 0 fully saturated rings. The summed E-state index contributed by atoms with van der Waals surface area (Å²) in [4.78, 5) is 4.25. The normalized spacial score (nSPS) is 12.2. The van der Waals surface area contributed by atoms with Crippen molar-refractivity contribution in [3.8, 4) is 17.1 Å². The lowest BCUT2D eigenvalue weighted by atomic mass is 10.3. The number of nitrogens with zero attached hydrogens (tertiary/aromatic N) is 2. The number of ether oxygens (including phenoxy) is 1. The molecule has 3 aromatic rings. The van der Waals surface area contributed by atoms with E-state index < -0.39 is 10.8 Å². The largest absolute Gasteiger partial charge is 0.493 e. The van der Waals surface area contributed by atoms with E-state index in [0.29, 0.717) is 34.8 Å². The van der Waals surface area contributed by atoms with Gasteiger partial charge in [0.15, 0.2) is 0 Å². The lowest BCUT2D eigenvalue weighted by Gasteiger charge is -2.05. The van der Waals surface area contributed by atoms with E-state index in [2.05, 4.69) is 10.1 Å². The Balaban J connectivity index is 1.48. The number of halogens is 1. The molecule has 0 aliphatic carbocycles. The van der Waals surface area contributed by atoms with Gasteiger partial charge in [-0.05, 0) is 29.6 Å². The lowest BCUT2D eigenvalue weighted by molar-refractivity contribution is 0.342. The first kappa shape index (κ1) is 16.2. The first-order valence-corrected chi connectivity index (χ1v) is 9.60. The monoisotopic (exact) mass is 368 g/mol. The van der Waals surface area contributed by atoms with Crippen molar-refractivity contribution < 1.29 is 13.5 Å². The van der Waals surface area contributed by atoms with Crippen LogP contribution in [0.4, 0.5) is 0 Å². The summed E-state index contributed by atoms with van der Waals surface area (Å²) in [6, 6.07) is 9.01. The van der Waals surface area contributed by atoms with E-state index in [9.17, 15) is 4.21 Å². The van der Waals surface area contributed by atoms with Crippen molar-refractivity contribution in [2.24, 2.45) is 0 Å². The van der Waals surface area contributed by atoms with Crippen LogP contribution in [-0.2, 0) is 16.6 Å². The molecule has 1 atom stereocenters. The molecule has 23 heavy (non-hydrogen) atoms. The quantitative estimate of drug-likeness (QED) is 0.635. The third-order valence-electron chi connectivity index (χ3n) is 2.91. The number of hydrogen-bond donors (Lipinski definition) is 0. The molecule has 0 saturated carbocycles. The van der Waals surface area contributed by atoms with Crippen LogP contribution in [0.1, 0.15) is 5.89 Å². The second kappa shape index (κ2) is 7.72. The number of aromatic nitrogens is 2. The molecule has 120 valence electrons. The van der Waals surface area contributed by atoms with E-state index in [1.807, 2.05) is 16.8 Å². The Hall–Kier alpha value is -1.70. The van der Waals surface area contributed by atoms with Crippen molar-refractivity contribution in [1.82, 2.24) is 10.1 Å². The van der Waals surface area contributed by atoms with Crippen LogP contribution < -0.4 is 4.74 Å². The van der Waals surface area contributed by atoms with Crippen LogP contribution in [0.5, 0.6) is 5.75 Å². The number of thiophene rings is 1. The molecule has 0 amide bonds. The maximum atomic E-state index is 12.0. The van der Waals surface area contributed by atoms with Gasteiger partial charge < -0.3 is 9.26 Å². The van der Waals surface area contributed by atoms with Gasteiger partial charge in [0.2, 0.25) is 11.7 Å². The molecule has 0 bridgehead atoms. The zero-order valence-corrected chi connectivity index (χ0v) is 14.4. The minimum Gasteiger partial charge on any atom is -0.493 e. The summed E-state index contributed by atoms with van der Waals surface area (Å²) in [5.74, 6) is 2.14. The molecule has 3 rings (SSSR count). The van der Waals surface area contributed by atoms with Gasteiger partial charge in [-0.3, -0.25) is 4.21 Å². The van der Waals surface area contributed by atoms with Crippen LogP contribution in [-0.4, -0.2) is 26.7 Å². The standard InChI is InChI=1S/C15H13ClN2O3S2/c16-12-2-1-3-13(8-12)20-5-7-23(19)10-14-17-15(18-21-14)11-4-6-22-9-11/h1-4,6,8-9H,5,7,10H2/t23-/m1/s1. The number of benzene rings is 1. The predicted octanol–water partition coefficient (Wildman–Crippen LogP) is 3.78. The number of rotatable bonds is 7. The van der Waals surface area contributed by atoms with Crippen molar-refractivity contribution in [2.45, 2.75) is 5.75 Å². The molecule has 2 aromatic heterocycles. The van der Waals surface area contributed by atoms with E-state index in [0.717, 1.165) is 5.56 Å². The van der Waals surface area contributed by atoms with Gasteiger partial charge in [-0.1, -0.05) is 22.8 Å². The summed E-state index contributed by atoms with van der Waals surface area (Å²) in [5.41, 5.74) is 0.903. The van der Waals surface area contributed by atoms with Crippen molar-refractivity contribution in [1.29, 1.82) is 0 Å². The van der Waals surface area contributed by atoms with Gasteiger partial charge in [0.25, 0.3) is 0 Å². The molecule has 0 radical (unpaired) electrons. The highest BCUT2D eigenvalue weighted by Gasteiger charge is 2.12. The molecule has 0 spiro atoms. The Labute approximate surface area is 144 Å². The average molecular weight is 369 g/mol. The van der Waals surface area contributed by atoms with Gasteiger partial charge >= 0.3 is 0 Å². The highest BCUT2D eigenvalue weighted by atomic mass is 35.5. The predicted molar refractivity (Wildman–Crippen MR) is 91.3 cm³/mol. The first-order valence-electron chi connectivity index (χ1n) is 6.79. The van der Waals surface area contributed by atoms with E-state index in [1.54, 1.807) is 35.6 Å². The van der Waals surface area contributed by atoms with Crippen molar-refractivity contribution in [3.05, 3.63) is 52.0 Å². The van der Waals surface area contributed by atoms with Crippen LogP contribution in [0.15, 0.2) is 45.6 Å². The molecule has 5 nitrogen and oxygen atoms in total. The SMILES string of the molecule is O=[S@](CCOc1cccc(Cl)c1)Cc1nc(-c2ccsc2)no1. The van der Waals surface area contributed by atoms with Gasteiger partial charge in [0, 0.05) is 26.8 Å². The van der Waals surface area contributed by atoms with E-state index in [4.69, 9.17) is 20.9 Å². The molecule has 0 saturated heterocycles. The Morgan fingerprint density at radius 3 is 3.04 bits per heavy atom. The van der Waals surface area contributed by atoms with Gasteiger partial charge in [-0.25, -0.2) is 0 Å². The topological polar surface area (TPSA) is 65.2 Å². The average Bonchev–Trinajstić information content (AvgIpc) is 3.18. The molecule has 0 aliphatic rings. The Bertz CT molecular complexity index is 790. The second-order valence-corrected chi connectivity index (χ2v) is 7.41. The van der Waals surface area contributed by atoms with Crippen LogP contribution >= 0.6 is 22.9 Å². The summed E-state index contributed by atoms with van der Waals surface area (Å²) >= 11 is 7.43. The molecule has 2 heterocycles. The smallest absolute Gasteiger partial charge is 0.239 e. The Kier molecular flexibility index (Phi) is 5.43. The third kappa shape index (κ3) is 4.63. The third-order valence-corrected chi connectivity index (χ3v) is 5.02. The van der Waals surface area contributed by atoms with Crippen LogP contribution in [0.2, 0.25) is 5.02 Å². The summed E-state index contributed by atoms with van der Waals surface area (Å²) in [5, 5.41) is 8.37. The fourth-order valence-corrected chi connectivity index (χ4v) is 3.46. The number of hydrogen-bond acceptors (Lipinski definition) is 6. The van der Waals surface area contributed by atoms with Gasteiger partial charge in [-0.15, -0.1) is 0 Å². The fourth-order valence-electron chi connectivity index (χ4n) is 1.84. The molecule has 0 N–H and O–H groups in total. The lowest BCUT2D eigenvalue weighted by Crippen LogP contribution is -2.10. The molecular formula is C15H13ClN2O3S2. The minimum atomic E-state index is -1.14. The maximum Gasteiger partial charge on any atom is 0.239 e. The summed E-state index contributed by atoms with van der Waals surface area (Å²) in [7, 11) is -1.14. The van der Waals surface area contributed by atoms with Gasteiger partial charge in [-0.2, -0.15) is 16.3 Å². The Morgan fingerprint density at radius 1 is 1.35 bits per heavy atom. The minimum absolute atomic E-state index is 0.218. The zero-order valence-electron chi connectivity index (χ0n) is 12.0. The van der Waals surface area contributed by atoms with Crippen molar-refractivity contribution in [2.75, 3.05) is 12.4 Å². The fraction of sp³-hybridized carbons (Fsp3) is 0.200. The molecule has 0 unspecified atom stereocenters. The van der Waals surface area contributed by atoms with Crippen molar-refractivity contribution >= 4 is 33.7 Å². The highest BCUT2D eigenvalue weighted by Crippen LogP contribution is 2.19. The summed E-state index contributed by atoms with van der Waals surface area (Å²) in [6.45, 7) is 0.332. The second-order valence-electron chi connectivity index (χ2n) is 4.62. The summed E-state index contributed by atoms with van der Waals surface area (Å²) < 4.78 is 22.7. The molecule has 1 aromatic carbocycles. The molecule has 8 heteroatoms. The first-order chi connectivity index (χ1) is 11.2. The maximum absolute atomic E-state index is 12.0. The highest BCUT2D eigenvalue weighted by molar-refractivity contribution is 7.84. The van der Waals surface area contributed by atoms with Gasteiger partial charge in [0.1, 0.15) is 11.5 Å². The Morgan fingerprint density at radius 2 is 2.26 bits per heavy atom. The van der Waals surface area contributed by atoms with E-state index in [1.165, 1.54) is 0 Å². The van der Waals surface area contributed by atoms with Crippen LogP contribution in [0.3, 0.4) is 0 Å². The van der Waals surface area contributed by atoms with E-state index >= 15 is 0 Å². The zero-order chi connectivity index (χ0) is 16.1. The van der Waals surface area contributed by atoms with Gasteiger partial charge in [0.05, 0.1) is 12.4 Å². The molecular weight excluding hydrogens is 356 g/mol. The van der Waals surface area contributed by atoms with Crippen LogP contribution in [0, 0.1) is 0 Å². The van der Waals surface area contributed by atoms with Crippen molar-refractivity contribution in [3.63, 3.8) is 0 Å². The summed E-state index contributed by atoms with van der Waals surface area (Å²) in [6.07, 6.45) is 0. The van der Waals surface area contributed by atoms with Crippen LogP contribution in [0.25, 0.3) is 11.4 Å².